The monoisotopic (exact) mass is 318 g/mol. The summed E-state index contributed by atoms with van der Waals surface area (Å²) < 4.78 is 8.49. The molecule has 3 aromatic rings. The maximum atomic E-state index is 9.49. The van der Waals surface area contributed by atoms with Crippen molar-refractivity contribution in [1.29, 1.82) is 0 Å². The SMILES string of the molecule is OCc1c(Oc2cccc(Br)c2)nc2ccccn12. The number of aromatic nitrogens is 2. The number of benzene rings is 1. The molecular weight excluding hydrogens is 308 g/mol. The highest BCUT2D eigenvalue weighted by Gasteiger charge is 2.13. The van der Waals surface area contributed by atoms with Crippen molar-refractivity contribution in [2.24, 2.45) is 0 Å². The average Bonchev–Trinajstić information content (AvgIpc) is 2.75. The highest BCUT2D eigenvalue weighted by atomic mass is 79.9. The van der Waals surface area contributed by atoms with Crippen molar-refractivity contribution in [3.05, 3.63) is 58.8 Å². The molecule has 5 heteroatoms. The van der Waals surface area contributed by atoms with Gasteiger partial charge in [-0.1, -0.05) is 28.1 Å². The van der Waals surface area contributed by atoms with Crippen molar-refractivity contribution in [2.75, 3.05) is 0 Å². The predicted octanol–water partition coefficient (Wildman–Crippen LogP) is 3.38. The molecule has 4 nitrogen and oxygen atoms in total. The Morgan fingerprint density at radius 3 is 2.89 bits per heavy atom. The summed E-state index contributed by atoms with van der Waals surface area (Å²) >= 11 is 3.39. The van der Waals surface area contributed by atoms with Gasteiger partial charge in [-0.05, 0) is 30.3 Å². The molecule has 0 bridgehead atoms. The largest absolute Gasteiger partial charge is 0.437 e. The fourth-order valence-electron chi connectivity index (χ4n) is 1.89. The first-order chi connectivity index (χ1) is 9.28. The Kier molecular flexibility index (Phi) is 3.23. The molecule has 0 amide bonds. The van der Waals surface area contributed by atoms with Gasteiger partial charge in [-0.3, -0.25) is 4.40 Å². The summed E-state index contributed by atoms with van der Waals surface area (Å²) in [5.74, 6) is 1.10. The number of pyridine rings is 1. The van der Waals surface area contributed by atoms with Crippen molar-refractivity contribution in [1.82, 2.24) is 9.38 Å². The van der Waals surface area contributed by atoms with Crippen LogP contribution in [-0.2, 0) is 6.61 Å². The average molecular weight is 319 g/mol. The molecule has 0 spiro atoms. The maximum absolute atomic E-state index is 9.49. The van der Waals surface area contributed by atoms with E-state index in [2.05, 4.69) is 20.9 Å². The molecule has 2 heterocycles. The van der Waals surface area contributed by atoms with E-state index in [1.807, 2.05) is 53.1 Å². The van der Waals surface area contributed by atoms with Crippen LogP contribution in [0.2, 0.25) is 0 Å². The molecule has 0 radical (unpaired) electrons. The molecule has 1 aromatic carbocycles. The third-order valence-corrected chi connectivity index (χ3v) is 3.25. The normalized spacial score (nSPS) is 10.8. The molecule has 3 rings (SSSR count). The van der Waals surface area contributed by atoms with Crippen LogP contribution in [0, 0.1) is 0 Å². The highest BCUT2D eigenvalue weighted by molar-refractivity contribution is 9.10. The minimum Gasteiger partial charge on any atom is -0.437 e. The summed E-state index contributed by atoms with van der Waals surface area (Å²) in [6.07, 6.45) is 1.85. The van der Waals surface area contributed by atoms with E-state index < -0.39 is 0 Å². The first-order valence-electron chi connectivity index (χ1n) is 5.78. The van der Waals surface area contributed by atoms with Gasteiger partial charge in [0.2, 0.25) is 5.88 Å². The quantitative estimate of drug-likeness (QED) is 0.805. The number of halogens is 1. The summed E-state index contributed by atoms with van der Waals surface area (Å²) in [7, 11) is 0. The first-order valence-corrected chi connectivity index (χ1v) is 6.57. The lowest BCUT2D eigenvalue weighted by Gasteiger charge is -2.04. The van der Waals surface area contributed by atoms with E-state index in [0.717, 1.165) is 10.1 Å². The molecule has 1 N–H and O–H groups in total. The Hall–Kier alpha value is -1.85. The molecule has 19 heavy (non-hydrogen) atoms. The lowest BCUT2D eigenvalue weighted by atomic mass is 10.3. The molecule has 0 unspecified atom stereocenters. The van der Waals surface area contributed by atoms with E-state index in [4.69, 9.17) is 4.74 Å². The van der Waals surface area contributed by atoms with Gasteiger partial charge in [-0.15, -0.1) is 0 Å². The topological polar surface area (TPSA) is 46.8 Å². The third kappa shape index (κ3) is 2.34. The molecule has 0 saturated carbocycles. The van der Waals surface area contributed by atoms with Gasteiger partial charge in [0.25, 0.3) is 0 Å². The van der Waals surface area contributed by atoms with Gasteiger partial charge in [0, 0.05) is 10.7 Å². The second-order valence-corrected chi connectivity index (χ2v) is 4.93. The van der Waals surface area contributed by atoms with Gasteiger partial charge in [0.15, 0.2) is 0 Å². The van der Waals surface area contributed by atoms with Crippen LogP contribution in [0.3, 0.4) is 0 Å². The molecule has 0 aliphatic heterocycles. The Bertz CT molecular complexity index is 724. The predicted molar refractivity (Wildman–Crippen MR) is 75.3 cm³/mol. The van der Waals surface area contributed by atoms with Crippen molar-refractivity contribution >= 4 is 21.6 Å². The number of aliphatic hydroxyl groups is 1. The van der Waals surface area contributed by atoms with E-state index in [0.29, 0.717) is 17.3 Å². The number of nitrogens with zero attached hydrogens (tertiary/aromatic N) is 2. The number of aliphatic hydroxyl groups excluding tert-OH is 1. The summed E-state index contributed by atoms with van der Waals surface area (Å²) in [5.41, 5.74) is 1.38. The highest BCUT2D eigenvalue weighted by Crippen LogP contribution is 2.27. The molecule has 0 atom stereocenters. The van der Waals surface area contributed by atoms with Gasteiger partial charge in [-0.25, -0.2) is 0 Å². The van der Waals surface area contributed by atoms with Gasteiger partial charge >= 0.3 is 0 Å². The molecule has 96 valence electrons. The Balaban J connectivity index is 2.05. The van der Waals surface area contributed by atoms with Crippen molar-refractivity contribution in [3.8, 4) is 11.6 Å². The number of rotatable bonds is 3. The number of hydrogen-bond acceptors (Lipinski definition) is 3. The summed E-state index contributed by atoms with van der Waals surface area (Å²) in [6, 6.07) is 13.1. The molecule has 0 aliphatic rings. The molecule has 2 aromatic heterocycles. The number of imidazole rings is 1. The zero-order valence-electron chi connectivity index (χ0n) is 9.95. The van der Waals surface area contributed by atoms with E-state index in [-0.39, 0.29) is 6.61 Å². The lowest BCUT2D eigenvalue weighted by molar-refractivity contribution is 0.269. The van der Waals surface area contributed by atoms with Crippen molar-refractivity contribution in [3.63, 3.8) is 0 Å². The second kappa shape index (κ2) is 5.03. The van der Waals surface area contributed by atoms with Crippen molar-refractivity contribution in [2.45, 2.75) is 6.61 Å². The zero-order valence-corrected chi connectivity index (χ0v) is 11.5. The minimum absolute atomic E-state index is 0.130. The molecule has 0 saturated heterocycles. The van der Waals surface area contributed by atoms with Crippen LogP contribution in [0.25, 0.3) is 5.65 Å². The maximum Gasteiger partial charge on any atom is 0.243 e. The van der Waals surface area contributed by atoms with Crippen LogP contribution in [0.1, 0.15) is 5.69 Å². The van der Waals surface area contributed by atoms with Gasteiger partial charge in [0.05, 0.1) is 6.61 Å². The summed E-state index contributed by atoms with van der Waals surface area (Å²) in [5, 5.41) is 9.49. The smallest absolute Gasteiger partial charge is 0.243 e. The van der Waals surface area contributed by atoms with Crippen molar-refractivity contribution < 1.29 is 9.84 Å². The van der Waals surface area contributed by atoms with Gasteiger partial charge in [0.1, 0.15) is 17.1 Å². The summed E-state index contributed by atoms with van der Waals surface area (Å²) in [6.45, 7) is -0.130. The first kappa shape index (κ1) is 12.2. The Labute approximate surface area is 118 Å². The third-order valence-electron chi connectivity index (χ3n) is 2.75. The van der Waals surface area contributed by atoms with Gasteiger partial charge in [-0.2, -0.15) is 4.98 Å². The van der Waals surface area contributed by atoms with E-state index in [1.165, 1.54) is 0 Å². The van der Waals surface area contributed by atoms with E-state index in [1.54, 1.807) is 0 Å². The number of hydrogen-bond donors (Lipinski definition) is 1. The van der Waals surface area contributed by atoms with E-state index >= 15 is 0 Å². The van der Waals surface area contributed by atoms with Crippen LogP contribution >= 0.6 is 15.9 Å². The molecule has 0 aliphatic carbocycles. The molecule has 0 fully saturated rings. The second-order valence-electron chi connectivity index (χ2n) is 4.01. The Morgan fingerprint density at radius 2 is 2.11 bits per heavy atom. The standard InChI is InChI=1S/C14H11BrN2O2/c15-10-4-3-5-11(8-10)19-14-12(9-18)17-7-2-1-6-13(17)16-14/h1-8,18H,9H2. The lowest BCUT2D eigenvalue weighted by Crippen LogP contribution is -1.94. The fraction of sp³-hybridized carbons (Fsp3) is 0.0714. The van der Waals surface area contributed by atoms with Crippen LogP contribution in [0.4, 0.5) is 0 Å². The fourth-order valence-corrected chi connectivity index (χ4v) is 2.27. The zero-order chi connectivity index (χ0) is 13.2. The van der Waals surface area contributed by atoms with Crippen LogP contribution in [0.15, 0.2) is 53.1 Å². The minimum atomic E-state index is -0.130. The van der Waals surface area contributed by atoms with Crippen LogP contribution < -0.4 is 4.74 Å². The molecular formula is C14H11BrN2O2. The summed E-state index contributed by atoms with van der Waals surface area (Å²) in [4.78, 5) is 4.37. The van der Waals surface area contributed by atoms with Crippen LogP contribution in [-0.4, -0.2) is 14.5 Å². The number of fused-ring (bicyclic) bond motifs is 1. The van der Waals surface area contributed by atoms with Crippen LogP contribution in [0.5, 0.6) is 11.6 Å². The Morgan fingerprint density at radius 1 is 1.21 bits per heavy atom. The number of ether oxygens (including phenoxy) is 1. The van der Waals surface area contributed by atoms with E-state index in [9.17, 15) is 5.11 Å². The van der Waals surface area contributed by atoms with Gasteiger partial charge < -0.3 is 9.84 Å².